The van der Waals surface area contributed by atoms with Crippen molar-refractivity contribution in [3.8, 4) is 0 Å². The van der Waals surface area contributed by atoms with Crippen molar-refractivity contribution in [3.63, 3.8) is 0 Å². The lowest BCUT2D eigenvalue weighted by atomic mass is 9.88. The summed E-state index contributed by atoms with van der Waals surface area (Å²) in [7, 11) is 0. The molecule has 1 rings (SSSR count). The third-order valence-corrected chi connectivity index (χ3v) is 2.33. The van der Waals surface area contributed by atoms with Crippen molar-refractivity contribution < 1.29 is 5.11 Å². The summed E-state index contributed by atoms with van der Waals surface area (Å²) >= 11 is 0. The smallest absolute Gasteiger partial charge is 0.0848 e. The van der Waals surface area contributed by atoms with Crippen LogP contribution in [0.1, 0.15) is 33.6 Å². The maximum atomic E-state index is 9.37. The van der Waals surface area contributed by atoms with Crippen LogP contribution in [-0.2, 0) is 0 Å². The Labute approximate surface area is 81.0 Å². The first-order chi connectivity index (χ1) is 5.97. The summed E-state index contributed by atoms with van der Waals surface area (Å²) in [6, 6.07) is 0. The summed E-state index contributed by atoms with van der Waals surface area (Å²) in [5, 5.41) is 12.6. The number of hydrogen-bond acceptors (Lipinski definition) is 2. The highest BCUT2D eigenvalue weighted by Crippen LogP contribution is 2.23. The molecule has 1 heterocycles. The van der Waals surface area contributed by atoms with Gasteiger partial charge in [-0.1, -0.05) is 32.4 Å². The first-order valence-electron chi connectivity index (χ1n) is 5.06. The number of aliphatic hydroxyl groups is 1. The molecule has 1 unspecified atom stereocenters. The van der Waals surface area contributed by atoms with Gasteiger partial charge in [-0.3, -0.25) is 0 Å². The summed E-state index contributed by atoms with van der Waals surface area (Å²) in [5.74, 6) is 0. The van der Waals surface area contributed by atoms with E-state index in [0.29, 0.717) is 12.0 Å². The van der Waals surface area contributed by atoms with Crippen molar-refractivity contribution in [1.29, 1.82) is 0 Å². The van der Waals surface area contributed by atoms with Crippen LogP contribution >= 0.6 is 0 Å². The highest BCUT2D eigenvalue weighted by Gasteiger charge is 2.14. The first kappa shape index (κ1) is 10.7. The van der Waals surface area contributed by atoms with Crippen LogP contribution in [0, 0.1) is 5.41 Å². The zero-order valence-corrected chi connectivity index (χ0v) is 8.93. The van der Waals surface area contributed by atoms with E-state index in [1.165, 1.54) is 12.0 Å². The van der Waals surface area contributed by atoms with E-state index < -0.39 is 0 Å². The van der Waals surface area contributed by atoms with Crippen molar-refractivity contribution in [2.45, 2.75) is 39.7 Å². The molecule has 0 aromatic heterocycles. The van der Waals surface area contributed by atoms with Gasteiger partial charge in [0.2, 0.25) is 0 Å². The fraction of sp³-hybridized carbons (Fsp3) is 0.818. The zero-order chi connectivity index (χ0) is 9.90. The number of β-amino-alcohol motifs (C(OH)–C–C–N with tert-alkyl or cyclic N) is 1. The van der Waals surface area contributed by atoms with Gasteiger partial charge in [0, 0.05) is 13.1 Å². The van der Waals surface area contributed by atoms with Crippen LogP contribution in [0.5, 0.6) is 0 Å². The van der Waals surface area contributed by atoms with E-state index in [0.717, 1.165) is 13.0 Å². The highest BCUT2D eigenvalue weighted by atomic mass is 16.3. The number of aliphatic hydroxyl groups excluding tert-OH is 1. The van der Waals surface area contributed by atoms with Gasteiger partial charge < -0.3 is 10.4 Å². The molecule has 0 amide bonds. The molecule has 1 aliphatic heterocycles. The maximum Gasteiger partial charge on any atom is 0.0848 e. The Bertz CT molecular complexity index is 191. The van der Waals surface area contributed by atoms with Gasteiger partial charge in [-0.15, -0.1) is 0 Å². The second-order valence-corrected chi connectivity index (χ2v) is 5.08. The summed E-state index contributed by atoms with van der Waals surface area (Å²) in [4.78, 5) is 0. The Balaban J connectivity index is 2.36. The van der Waals surface area contributed by atoms with Crippen LogP contribution in [0.3, 0.4) is 0 Å². The minimum atomic E-state index is -0.274. The molecular formula is C11H21NO. The lowest BCUT2D eigenvalue weighted by molar-refractivity contribution is 0.211. The molecule has 0 saturated heterocycles. The van der Waals surface area contributed by atoms with E-state index in [-0.39, 0.29) is 6.10 Å². The number of hydrogen-bond donors (Lipinski definition) is 2. The van der Waals surface area contributed by atoms with Gasteiger partial charge in [0.05, 0.1) is 6.10 Å². The molecule has 0 aromatic rings. The van der Waals surface area contributed by atoms with Crippen molar-refractivity contribution in [1.82, 2.24) is 5.32 Å². The zero-order valence-electron chi connectivity index (χ0n) is 8.93. The highest BCUT2D eigenvalue weighted by molar-refractivity contribution is 5.11. The predicted molar refractivity (Wildman–Crippen MR) is 55.6 cm³/mol. The Morgan fingerprint density at radius 3 is 2.77 bits per heavy atom. The molecule has 1 atom stereocenters. The first-order valence-corrected chi connectivity index (χ1v) is 5.06. The van der Waals surface area contributed by atoms with E-state index in [1.54, 1.807) is 0 Å². The fourth-order valence-corrected chi connectivity index (χ4v) is 1.48. The van der Waals surface area contributed by atoms with Crippen molar-refractivity contribution >= 4 is 0 Å². The average Bonchev–Trinajstić information content (AvgIpc) is 2.00. The van der Waals surface area contributed by atoms with Crippen LogP contribution in [0.25, 0.3) is 0 Å². The van der Waals surface area contributed by atoms with Gasteiger partial charge in [-0.05, 0) is 18.3 Å². The van der Waals surface area contributed by atoms with Gasteiger partial charge in [0.1, 0.15) is 0 Å². The summed E-state index contributed by atoms with van der Waals surface area (Å²) in [5.41, 5.74) is 1.75. The monoisotopic (exact) mass is 183 g/mol. The normalized spacial score (nSPS) is 24.3. The molecule has 0 bridgehead atoms. The second kappa shape index (κ2) is 4.25. The summed E-state index contributed by atoms with van der Waals surface area (Å²) < 4.78 is 0. The Morgan fingerprint density at radius 1 is 1.54 bits per heavy atom. The standard InChI is InChI=1S/C11H21NO/c1-11(2,3)5-4-9-6-10(13)8-12-7-9/h6,10,12-13H,4-5,7-8H2,1-3H3. The molecule has 76 valence electrons. The van der Waals surface area contributed by atoms with E-state index in [1.807, 2.05) is 6.08 Å². The minimum Gasteiger partial charge on any atom is -0.388 e. The number of nitrogens with one attached hydrogen (secondary N) is 1. The van der Waals surface area contributed by atoms with E-state index >= 15 is 0 Å². The van der Waals surface area contributed by atoms with Crippen molar-refractivity contribution in [3.05, 3.63) is 11.6 Å². The Kier molecular flexibility index (Phi) is 3.51. The number of rotatable bonds is 2. The molecule has 2 nitrogen and oxygen atoms in total. The average molecular weight is 183 g/mol. The maximum absolute atomic E-state index is 9.37. The van der Waals surface area contributed by atoms with Crippen LogP contribution in [-0.4, -0.2) is 24.3 Å². The lowest BCUT2D eigenvalue weighted by Crippen LogP contribution is -2.32. The third kappa shape index (κ3) is 4.44. The Hall–Kier alpha value is -0.340. The van der Waals surface area contributed by atoms with Gasteiger partial charge in [-0.25, -0.2) is 0 Å². The lowest BCUT2D eigenvalue weighted by Gasteiger charge is -2.22. The van der Waals surface area contributed by atoms with E-state index in [9.17, 15) is 5.11 Å². The van der Waals surface area contributed by atoms with Crippen LogP contribution in [0.2, 0.25) is 0 Å². The molecule has 2 heteroatoms. The quantitative estimate of drug-likeness (QED) is 0.639. The van der Waals surface area contributed by atoms with Gasteiger partial charge in [0.15, 0.2) is 0 Å². The summed E-state index contributed by atoms with van der Waals surface area (Å²) in [6.07, 6.45) is 4.02. The topological polar surface area (TPSA) is 32.3 Å². The predicted octanol–water partition coefficient (Wildman–Crippen LogP) is 1.70. The third-order valence-electron chi connectivity index (χ3n) is 2.33. The van der Waals surface area contributed by atoms with Gasteiger partial charge >= 0.3 is 0 Å². The Morgan fingerprint density at radius 2 is 2.23 bits per heavy atom. The molecule has 0 radical (unpaired) electrons. The van der Waals surface area contributed by atoms with Crippen molar-refractivity contribution in [2.75, 3.05) is 13.1 Å². The molecule has 0 saturated carbocycles. The van der Waals surface area contributed by atoms with Crippen LogP contribution < -0.4 is 5.32 Å². The van der Waals surface area contributed by atoms with Crippen molar-refractivity contribution in [2.24, 2.45) is 5.41 Å². The molecule has 0 aromatic carbocycles. The van der Waals surface area contributed by atoms with Gasteiger partial charge in [-0.2, -0.15) is 0 Å². The molecule has 0 fully saturated rings. The fourth-order valence-electron chi connectivity index (χ4n) is 1.48. The largest absolute Gasteiger partial charge is 0.388 e. The summed E-state index contributed by atoms with van der Waals surface area (Å²) in [6.45, 7) is 8.41. The molecule has 2 N–H and O–H groups in total. The van der Waals surface area contributed by atoms with Gasteiger partial charge in [0.25, 0.3) is 0 Å². The molecular weight excluding hydrogens is 162 g/mol. The minimum absolute atomic E-state index is 0.274. The second-order valence-electron chi connectivity index (χ2n) is 5.08. The van der Waals surface area contributed by atoms with E-state index in [2.05, 4.69) is 26.1 Å². The van der Waals surface area contributed by atoms with E-state index in [4.69, 9.17) is 0 Å². The van der Waals surface area contributed by atoms with Crippen LogP contribution in [0.4, 0.5) is 0 Å². The molecule has 0 spiro atoms. The molecule has 1 aliphatic rings. The molecule has 0 aliphatic carbocycles. The van der Waals surface area contributed by atoms with Crippen LogP contribution in [0.15, 0.2) is 11.6 Å². The molecule has 13 heavy (non-hydrogen) atoms. The SMILES string of the molecule is CC(C)(C)CCC1=CC(O)CNC1.